The second-order valence-electron chi connectivity index (χ2n) is 3.98. The molecule has 1 aromatic heterocycles. The Kier molecular flexibility index (Phi) is 4.74. The Bertz CT molecular complexity index is 629. The highest BCUT2D eigenvalue weighted by Crippen LogP contribution is 2.18. The smallest absolute Gasteiger partial charge is 0.231 e. The SMILES string of the molecule is C#CCNC(=O)CSc1nnnn1-c1ccc(C)cc1. The van der Waals surface area contributed by atoms with Crippen molar-refractivity contribution in [2.24, 2.45) is 0 Å². The molecule has 0 unspecified atom stereocenters. The number of terminal acetylenes is 1. The quantitative estimate of drug-likeness (QED) is 0.651. The lowest BCUT2D eigenvalue weighted by atomic mass is 10.2. The van der Waals surface area contributed by atoms with E-state index in [1.807, 2.05) is 31.2 Å². The van der Waals surface area contributed by atoms with Crippen molar-refractivity contribution in [3.8, 4) is 18.0 Å². The Morgan fingerprint density at radius 2 is 2.20 bits per heavy atom. The maximum atomic E-state index is 11.5. The molecule has 0 aliphatic heterocycles. The molecule has 0 radical (unpaired) electrons. The van der Waals surface area contributed by atoms with Gasteiger partial charge in [-0.2, -0.15) is 4.68 Å². The van der Waals surface area contributed by atoms with Crippen LogP contribution in [0.15, 0.2) is 29.4 Å². The van der Waals surface area contributed by atoms with Gasteiger partial charge in [-0.25, -0.2) is 0 Å². The van der Waals surface area contributed by atoms with Crippen molar-refractivity contribution in [1.82, 2.24) is 25.5 Å². The Morgan fingerprint density at radius 1 is 1.45 bits per heavy atom. The number of hydrogen-bond acceptors (Lipinski definition) is 5. The van der Waals surface area contributed by atoms with Gasteiger partial charge in [0, 0.05) is 0 Å². The zero-order valence-corrected chi connectivity index (χ0v) is 11.7. The highest BCUT2D eigenvalue weighted by atomic mass is 32.2. The van der Waals surface area contributed by atoms with Crippen molar-refractivity contribution in [3.63, 3.8) is 0 Å². The lowest BCUT2D eigenvalue weighted by Crippen LogP contribution is -2.25. The minimum Gasteiger partial charge on any atom is -0.344 e. The molecule has 2 rings (SSSR count). The fraction of sp³-hybridized carbons (Fsp3) is 0.231. The third kappa shape index (κ3) is 3.59. The van der Waals surface area contributed by atoms with Gasteiger partial charge in [-0.05, 0) is 29.5 Å². The minimum atomic E-state index is -0.147. The molecule has 0 spiro atoms. The molecule has 0 aliphatic carbocycles. The summed E-state index contributed by atoms with van der Waals surface area (Å²) in [4.78, 5) is 11.5. The molecule has 6 nitrogen and oxygen atoms in total. The summed E-state index contributed by atoms with van der Waals surface area (Å²) >= 11 is 1.26. The van der Waals surface area contributed by atoms with E-state index in [4.69, 9.17) is 6.42 Å². The number of hydrogen-bond donors (Lipinski definition) is 1. The summed E-state index contributed by atoms with van der Waals surface area (Å²) in [5.41, 5.74) is 2.01. The maximum absolute atomic E-state index is 11.5. The van der Waals surface area contributed by atoms with Crippen LogP contribution in [0.1, 0.15) is 5.56 Å². The van der Waals surface area contributed by atoms with Gasteiger partial charge in [0.05, 0.1) is 18.0 Å². The monoisotopic (exact) mass is 287 g/mol. The average Bonchev–Trinajstić information content (AvgIpc) is 2.92. The first-order valence-corrected chi connectivity index (χ1v) is 6.87. The van der Waals surface area contributed by atoms with E-state index >= 15 is 0 Å². The van der Waals surface area contributed by atoms with Crippen molar-refractivity contribution in [2.75, 3.05) is 12.3 Å². The van der Waals surface area contributed by atoms with E-state index in [2.05, 4.69) is 26.8 Å². The number of nitrogens with zero attached hydrogens (tertiary/aromatic N) is 4. The number of carbonyl (C=O) groups excluding carboxylic acids is 1. The summed E-state index contributed by atoms with van der Waals surface area (Å²) in [6.45, 7) is 2.23. The highest BCUT2D eigenvalue weighted by Gasteiger charge is 2.10. The first kappa shape index (κ1) is 14.1. The van der Waals surface area contributed by atoms with Crippen molar-refractivity contribution < 1.29 is 4.79 Å². The maximum Gasteiger partial charge on any atom is 0.231 e. The van der Waals surface area contributed by atoms with Gasteiger partial charge in [-0.1, -0.05) is 35.4 Å². The molecule has 1 amide bonds. The van der Waals surface area contributed by atoms with Crippen molar-refractivity contribution in [1.29, 1.82) is 0 Å². The number of rotatable bonds is 5. The largest absolute Gasteiger partial charge is 0.344 e. The molecular formula is C13H13N5OS. The van der Waals surface area contributed by atoms with Crippen LogP contribution in [0.2, 0.25) is 0 Å². The zero-order valence-electron chi connectivity index (χ0n) is 10.9. The van der Waals surface area contributed by atoms with Crippen LogP contribution in [0.5, 0.6) is 0 Å². The van der Waals surface area contributed by atoms with Crippen LogP contribution >= 0.6 is 11.8 Å². The van der Waals surface area contributed by atoms with E-state index in [9.17, 15) is 4.79 Å². The van der Waals surface area contributed by atoms with Crippen LogP contribution < -0.4 is 5.32 Å². The van der Waals surface area contributed by atoms with Crippen LogP contribution in [0.25, 0.3) is 5.69 Å². The Labute approximate surface area is 120 Å². The third-order valence-corrected chi connectivity index (χ3v) is 3.36. The number of aryl methyl sites for hydroxylation is 1. The number of carbonyl (C=O) groups is 1. The van der Waals surface area contributed by atoms with E-state index in [0.29, 0.717) is 5.16 Å². The molecule has 1 heterocycles. The molecule has 1 N–H and O–H groups in total. The summed E-state index contributed by atoms with van der Waals surface area (Å²) < 4.78 is 1.60. The number of tetrazole rings is 1. The second-order valence-corrected chi connectivity index (χ2v) is 4.92. The standard InChI is InChI=1S/C13H13N5OS/c1-3-8-14-12(19)9-20-13-15-16-17-18(13)11-6-4-10(2)5-7-11/h1,4-7H,8-9H2,2H3,(H,14,19). The molecule has 0 saturated carbocycles. The van der Waals surface area contributed by atoms with E-state index in [1.165, 1.54) is 11.8 Å². The first-order valence-electron chi connectivity index (χ1n) is 5.89. The van der Waals surface area contributed by atoms with Gasteiger partial charge in [0.15, 0.2) is 0 Å². The van der Waals surface area contributed by atoms with Crippen LogP contribution in [-0.2, 0) is 4.79 Å². The average molecular weight is 287 g/mol. The summed E-state index contributed by atoms with van der Waals surface area (Å²) in [5, 5.41) is 14.6. The molecular weight excluding hydrogens is 274 g/mol. The van der Waals surface area contributed by atoms with Gasteiger partial charge in [0.25, 0.3) is 0 Å². The van der Waals surface area contributed by atoms with Crippen LogP contribution in [0, 0.1) is 19.3 Å². The fourth-order valence-corrected chi connectivity index (χ4v) is 2.17. The number of benzene rings is 1. The molecule has 0 bridgehead atoms. The topological polar surface area (TPSA) is 72.7 Å². The van der Waals surface area contributed by atoms with E-state index in [0.717, 1.165) is 11.3 Å². The molecule has 20 heavy (non-hydrogen) atoms. The fourth-order valence-electron chi connectivity index (χ4n) is 1.45. The van der Waals surface area contributed by atoms with Crippen LogP contribution in [-0.4, -0.2) is 38.4 Å². The molecule has 0 aliphatic rings. The number of aromatic nitrogens is 4. The summed E-state index contributed by atoms with van der Waals surface area (Å²) in [5.74, 6) is 2.42. The van der Waals surface area contributed by atoms with E-state index in [1.54, 1.807) is 4.68 Å². The molecule has 0 saturated heterocycles. The van der Waals surface area contributed by atoms with Gasteiger partial charge in [0.2, 0.25) is 11.1 Å². The lowest BCUT2D eigenvalue weighted by Gasteiger charge is -2.04. The van der Waals surface area contributed by atoms with Gasteiger partial charge in [0.1, 0.15) is 0 Å². The molecule has 2 aromatic rings. The van der Waals surface area contributed by atoms with E-state index in [-0.39, 0.29) is 18.2 Å². The predicted octanol–water partition coefficient (Wildman–Crippen LogP) is 0.812. The zero-order chi connectivity index (χ0) is 14.4. The van der Waals surface area contributed by atoms with Crippen molar-refractivity contribution in [2.45, 2.75) is 12.1 Å². The van der Waals surface area contributed by atoms with Gasteiger partial charge in [-0.15, -0.1) is 11.5 Å². The first-order chi connectivity index (χ1) is 9.70. The Morgan fingerprint density at radius 3 is 2.90 bits per heavy atom. The second kappa shape index (κ2) is 6.73. The summed E-state index contributed by atoms with van der Waals surface area (Å²) in [7, 11) is 0. The predicted molar refractivity (Wildman–Crippen MR) is 76.5 cm³/mol. The number of amides is 1. The summed E-state index contributed by atoms with van der Waals surface area (Å²) in [6, 6.07) is 7.80. The summed E-state index contributed by atoms with van der Waals surface area (Å²) in [6.07, 6.45) is 5.07. The number of thioether (sulfide) groups is 1. The van der Waals surface area contributed by atoms with E-state index < -0.39 is 0 Å². The van der Waals surface area contributed by atoms with Crippen LogP contribution in [0.3, 0.4) is 0 Å². The van der Waals surface area contributed by atoms with Crippen LogP contribution in [0.4, 0.5) is 0 Å². The molecule has 1 aromatic carbocycles. The minimum absolute atomic E-state index is 0.147. The Balaban J connectivity index is 2.04. The molecule has 0 fully saturated rings. The van der Waals surface area contributed by atoms with Crippen molar-refractivity contribution in [3.05, 3.63) is 29.8 Å². The highest BCUT2D eigenvalue weighted by molar-refractivity contribution is 7.99. The molecule has 7 heteroatoms. The molecule has 102 valence electrons. The Hall–Kier alpha value is -2.33. The molecule has 0 atom stereocenters. The van der Waals surface area contributed by atoms with Gasteiger partial charge in [-0.3, -0.25) is 4.79 Å². The van der Waals surface area contributed by atoms with Crippen molar-refractivity contribution >= 4 is 17.7 Å². The normalized spacial score (nSPS) is 10.0. The van der Waals surface area contributed by atoms with Gasteiger partial charge < -0.3 is 5.32 Å². The number of nitrogens with one attached hydrogen (secondary N) is 1. The third-order valence-electron chi connectivity index (χ3n) is 2.44. The lowest BCUT2D eigenvalue weighted by molar-refractivity contribution is -0.118. The van der Waals surface area contributed by atoms with Gasteiger partial charge >= 0.3 is 0 Å².